The Labute approximate surface area is 137 Å². The summed E-state index contributed by atoms with van der Waals surface area (Å²) in [6.45, 7) is 2.93. The van der Waals surface area contributed by atoms with E-state index in [4.69, 9.17) is 16.3 Å². The largest absolute Gasteiger partial charge is 0.465 e. The Morgan fingerprint density at radius 3 is 2.57 bits per heavy atom. The van der Waals surface area contributed by atoms with Crippen LogP contribution in [0.1, 0.15) is 37.7 Å². The summed E-state index contributed by atoms with van der Waals surface area (Å²) in [5, 5.41) is 0.174. The number of halogens is 2. The molecule has 0 atom stereocenters. The Balaban J connectivity index is 2.21. The fourth-order valence-corrected chi connectivity index (χ4v) is 2.46. The first-order chi connectivity index (χ1) is 10.9. The normalized spacial score (nSPS) is 10.5. The average Bonchev–Trinajstić information content (AvgIpc) is 2.81. The standard InChI is InChI=1S/C16H15ClFNO4/c1-8-13(15(20)22-3)9(2)19-14(8)16(21)23-7-10-11(17)5-4-6-12(10)18/h4-6,19H,7H2,1-3H3. The summed E-state index contributed by atoms with van der Waals surface area (Å²) in [6, 6.07) is 4.20. The van der Waals surface area contributed by atoms with Crippen molar-refractivity contribution >= 4 is 23.5 Å². The van der Waals surface area contributed by atoms with Crippen molar-refractivity contribution < 1.29 is 23.5 Å². The Morgan fingerprint density at radius 2 is 1.96 bits per heavy atom. The van der Waals surface area contributed by atoms with E-state index in [1.165, 1.54) is 25.3 Å². The topological polar surface area (TPSA) is 68.4 Å². The van der Waals surface area contributed by atoms with Crippen LogP contribution in [0, 0.1) is 19.7 Å². The van der Waals surface area contributed by atoms with Crippen molar-refractivity contribution in [1.29, 1.82) is 0 Å². The number of nitrogens with one attached hydrogen (secondary N) is 1. The molecule has 0 saturated heterocycles. The lowest BCUT2D eigenvalue weighted by Crippen LogP contribution is -2.09. The van der Waals surface area contributed by atoms with E-state index in [-0.39, 0.29) is 28.5 Å². The first-order valence-corrected chi connectivity index (χ1v) is 7.12. The quantitative estimate of drug-likeness (QED) is 0.865. The molecule has 1 N–H and O–H groups in total. The third kappa shape index (κ3) is 3.37. The van der Waals surface area contributed by atoms with Gasteiger partial charge in [-0.05, 0) is 31.5 Å². The van der Waals surface area contributed by atoms with Crippen LogP contribution in [0.3, 0.4) is 0 Å². The van der Waals surface area contributed by atoms with Crippen LogP contribution in [0.5, 0.6) is 0 Å². The van der Waals surface area contributed by atoms with Gasteiger partial charge in [0, 0.05) is 11.3 Å². The van der Waals surface area contributed by atoms with Crippen LogP contribution in [0.25, 0.3) is 0 Å². The summed E-state index contributed by atoms with van der Waals surface area (Å²) in [4.78, 5) is 26.7. The third-order valence-corrected chi connectivity index (χ3v) is 3.79. The minimum Gasteiger partial charge on any atom is -0.465 e. The maximum Gasteiger partial charge on any atom is 0.355 e. The van der Waals surface area contributed by atoms with Gasteiger partial charge in [0.2, 0.25) is 0 Å². The summed E-state index contributed by atoms with van der Waals surface area (Å²) in [7, 11) is 1.26. The number of rotatable bonds is 4. The van der Waals surface area contributed by atoms with Gasteiger partial charge in [-0.1, -0.05) is 17.7 Å². The van der Waals surface area contributed by atoms with Gasteiger partial charge in [0.25, 0.3) is 0 Å². The zero-order valence-corrected chi connectivity index (χ0v) is 13.6. The number of hydrogen-bond acceptors (Lipinski definition) is 4. The molecule has 1 aromatic carbocycles. The molecular formula is C16H15ClFNO4. The molecule has 0 spiro atoms. The van der Waals surface area contributed by atoms with Gasteiger partial charge < -0.3 is 14.5 Å². The number of ether oxygens (including phenoxy) is 2. The van der Waals surface area contributed by atoms with Crippen molar-refractivity contribution in [3.63, 3.8) is 0 Å². The molecular weight excluding hydrogens is 325 g/mol. The van der Waals surface area contributed by atoms with E-state index in [2.05, 4.69) is 9.72 Å². The van der Waals surface area contributed by atoms with Crippen molar-refractivity contribution in [2.24, 2.45) is 0 Å². The predicted molar refractivity (Wildman–Crippen MR) is 82.1 cm³/mol. The number of hydrogen-bond donors (Lipinski definition) is 1. The van der Waals surface area contributed by atoms with E-state index < -0.39 is 17.8 Å². The molecule has 0 aliphatic rings. The van der Waals surface area contributed by atoms with Crippen molar-refractivity contribution in [2.45, 2.75) is 20.5 Å². The maximum absolute atomic E-state index is 13.7. The summed E-state index contributed by atoms with van der Waals surface area (Å²) in [5.74, 6) is -1.81. The predicted octanol–water partition coefficient (Wildman–Crippen LogP) is 3.57. The molecule has 122 valence electrons. The van der Waals surface area contributed by atoms with E-state index >= 15 is 0 Å². The number of aryl methyl sites for hydroxylation is 1. The number of esters is 2. The van der Waals surface area contributed by atoms with Crippen LogP contribution in [-0.4, -0.2) is 24.0 Å². The summed E-state index contributed by atoms with van der Waals surface area (Å²) in [5.41, 5.74) is 1.40. The monoisotopic (exact) mass is 339 g/mol. The highest BCUT2D eigenvalue weighted by molar-refractivity contribution is 6.31. The van der Waals surface area contributed by atoms with Gasteiger partial charge in [0.15, 0.2) is 0 Å². The number of methoxy groups -OCH3 is 1. The Bertz CT molecular complexity index is 749. The zero-order chi connectivity index (χ0) is 17.1. The minimum atomic E-state index is -0.708. The molecule has 0 fully saturated rings. The molecule has 0 unspecified atom stereocenters. The number of aromatic nitrogens is 1. The van der Waals surface area contributed by atoms with Gasteiger partial charge in [0.05, 0.1) is 17.7 Å². The molecule has 2 rings (SSSR count). The number of carbonyl (C=O) groups is 2. The molecule has 0 aliphatic carbocycles. The summed E-state index contributed by atoms with van der Waals surface area (Å²) >= 11 is 5.88. The molecule has 1 aromatic heterocycles. The fourth-order valence-electron chi connectivity index (χ4n) is 2.24. The van der Waals surface area contributed by atoms with E-state index in [1.807, 2.05) is 0 Å². The molecule has 1 heterocycles. The van der Waals surface area contributed by atoms with Crippen LogP contribution in [0.15, 0.2) is 18.2 Å². The fraction of sp³-hybridized carbons (Fsp3) is 0.250. The van der Waals surface area contributed by atoms with Crippen molar-refractivity contribution in [1.82, 2.24) is 4.98 Å². The van der Waals surface area contributed by atoms with E-state index in [1.54, 1.807) is 13.8 Å². The Morgan fingerprint density at radius 1 is 1.26 bits per heavy atom. The first kappa shape index (κ1) is 17.0. The van der Waals surface area contributed by atoms with Crippen LogP contribution in [0.4, 0.5) is 4.39 Å². The number of H-pyrrole nitrogens is 1. The van der Waals surface area contributed by atoms with Crippen molar-refractivity contribution in [2.75, 3.05) is 7.11 Å². The number of aromatic amines is 1. The summed E-state index contributed by atoms with van der Waals surface area (Å²) < 4.78 is 23.4. The van der Waals surface area contributed by atoms with Crippen LogP contribution >= 0.6 is 11.6 Å². The molecule has 23 heavy (non-hydrogen) atoms. The third-order valence-electron chi connectivity index (χ3n) is 3.44. The van der Waals surface area contributed by atoms with Gasteiger partial charge in [0.1, 0.15) is 18.1 Å². The lowest BCUT2D eigenvalue weighted by molar-refractivity contribution is 0.0462. The van der Waals surface area contributed by atoms with Gasteiger partial charge in [-0.15, -0.1) is 0 Å². The molecule has 0 bridgehead atoms. The zero-order valence-electron chi connectivity index (χ0n) is 12.8. The lowest BCUT2D eigenvalue weighted by atomic mass is 10.1. The van der Waals surface area contributed by atoms with E-state index in [0.29, 0.717) is 11.3 Å². The molecule has 0 amide bonds. The molecule has 5 nitrogen and oxygen atoms in total. The molecule has 0 saturated carbocycles. The second-order valence-electron chi connectivity index (χ2n) is 4.89. The highest BCUT2D eigenvalue weighted by Crippen LogP contribution is 2.22. The second-order valence-corrected chi connectivity index (χ2v) is 5.30. The first-order valence-electron chi connectivity index (χ1n) is 6.74. The van der Waals surface area contributed by atoms with Gasteiger partial charge in [-0.3, -0.25) is 0 Å². The minimum absolute atomic E-state index is 0.0941. The smallest absolute Gasteiger partial charge is 0.355 e. The van der Waals surface area contributed by atoms with Gasteiger partial charge in [-0.25, -0.2) is 14.0 Å². The van der Waals surface area contributed by atoms with E-state index in [9.17, 15) is 14.0 Å². The van der Waals surface area contributed by atoms with Crippen LogP contribution in [-0.2, 0) is 16.1 Å². The molecule has 2 aromatic rings. The van der Waals surface area contributed by atoms with Crippen LogP contribution in [0.2, 0.25) is 5.02 Å². The highest BCUT2D eigenvalue weighted by Gasteiger charge is 2.23. The van der Waals surface area contributed by atoms with Crippen LogP contribution < -0.4 is 0 Å². The Hall–Kier alpha value is -2.34. The number of benzene rings is 1. The average molecular weight is 340 g/mol. The maximum atomic E-state index is 13.7. The highest BCUT2D eigenvalue weighted by atomic mass is 35.5. The molecule has 0 aliphatic heterocycles. The van der Waals surface area contributed by atoms with Crippen molar-refractivity contribution in [3.05, 3.63) is 57.1 Å². The van der Waals surface area contributed by atoms with E-state index in [0.717, 1.165) is 0 Å². The summed E-state index contributed by atoms with van der Waals surface area (Å²) in [6.07, 6.45) is 0. The van der Waals surface area contributed by atoms with Gasteiger partial charge >= 0.3 is 11.9 Å². The lowest BCUT2D eigenvalue weighted by Gasteiger charge is -2.07. The number of carbonyl (C=O) groups excluding carboxylic acids is 2. The SMILES string of the molecule is COC(=O)c1c(C)[nH]c(C(=O)OCc2c(F)cccc2Cl)c1C. The van der Waals surface area contributed by atoms with Crippen molar-refractivity contribution in [3.8, 4) is 0 Å². The second kappa shape index (κ2) is 6.83. The van der Waals surface area contributed by atoms with Gasteiger partial charge in [-0.2, -0.15) is 0 Å². The Kier molecular flexibility index (Phi) is 5.05. The molecule has 0 radical (unpaired) electrons. The molecule has 7 heteroatoms.